The van der Waals surface area contributed by atoms with Crippen molar-refractivity contribution in [1.29, 1.82) is 0 Å². The van der Waals surface area contributed by atoms with Crippen molar-refractivity contribution in [2.45, 2.75) is 0 Å². The van der Waals surface area contributed by atoms with E-state index in [1.165, 1.54) is 19.2 Å². The number of benzene rings is 3. The van der Waals surface area contributed by atoms with Crippen molar-refractivity contribution < 1.29 is 9.66 Å². The van der Waals surface area contributed by atoms with Gasteiger partial charge in [-0.2, -0.15) is 10.2 Å². The number of nitro benzene ring substituents is 1. The van der Waals surface area contributed by atoms with E-state index in [-0.39, 0.29) is 18.1 Å². The van der Waals surface area contributed by atoms with Gasteiger partial charge in [0.1, 0.15) is 5.69 Å². The number of nitro groups is 1. The van der Waals surface area contributed by atoms with E-state index < -0.39 is 4.92 Å². The molecular formula is C20H18ClN5O3. The average molecular weight is 412 g/mol. The lowest BCUT2D eigenvalue weighted by Crippen LogP contribution is -2.44. The van der Waals surface area contributed by atoms with Crippen LogP contribution in [0.3, 0.4) is 0 Å². The second-order valence-electron chi connectivity index (χ2n) is 5.98. The van der Waals surface area contributed by atoms with Crippen LogP contribution in [0, 0.1) is 10.1 Å². The molecule has 0 radical (unpaired) electrons. The Bertz CT molecular complexity index is 1030. The summed E-state index contributed by atoms with van der Waals surface area (Å²) in [4.78, 5) is 10.7. The fourth-order valence-electron chi connectivity index (χ4n) is 2.88. The normalized spacial score (nSPS) is 12.7. The second kappa shape index (κ2) is 8.49. The van der Waals surface area contributed by atoms with Crippen LogP contribution in [-0.4, -0.2) is 17.9 Å². The molecule has 0 aromatic heterocycles. The number of non-ortho nitro benzene ring substituents is 1. The molecule has 1 aliphatic rings. The van der Waals surface area contributed by atoms with Gasteiger partial charge in [-0.15, -0.1) is 17.5 Å². The van der Waals surface area contributed by atoms with Crippen molar-refractivity contribution in [3.8, 4) is 5.75 Å². The fraction of sp³-hybridized carbons (Fsp3) is 0.0500. The second-order valence-corrected chi connectivity index (χ2v) is 5.98. The summed E-state index contributed by atoms with van der Waals surface area (Å²) in [5.41, 5.74) is 5.53. The number of hydrazone groups is 1. The largest absolute Gasteiger partial charge is 0.494 e. The minimum Gasteiger partial charge on any atom is -0.494 e. The summed E-state index contributed by atoms with van der Waals surface area (Å²) in [6, 6.07) is 23.7. The number of ether oxygens (including phenoxy) is 1. The van der Waals surface area contributed by atoms with Gasteiger partial charge in [-0.1, -0.05) is 48.5 Å². The minimum atomic E-state index is -0.454. The van der Waals surface area contributed by atoms with Crippen LogP contribution in [0.5, 0.6) is 5.75 Å². The average Bonchev–Trinajstić information content (AvgIpc) is 3.19. The molecule has 4 rings (SSSR count). The highest BCUT2D eigenvalue weighted by molar-refractivity contribution is 6.02. The molecular weight excluding hydrogens is 394 g/mol. The molecule has 148 valence electrons. The van der Waals surface area contributed by atoms with Crippen LogP contribution < -0.4 is 20.4 Å². The number of anilines is 2. The van der Waals surface area contributed by atoms with Crippen LogP contribution in [0.2, 0.25) is 0 Å². The van der Waals surface area contributed by atoms with Gasteiger partial charge >= 0.3 is 0 Å². The molecule has 29 heavy (non-hydrogen) atoms. The maximum Gasteiger partial charge on any atom is 0.273 e. The SMILES string of the molecule is COc1cc([N+](=O)[O-])ccc1N1NC(c2ccccc2)=NN1c1ccccc1.Cl. The van der Waals surface area contributed by atoms with Crippen LogP contribution >= 0.6 is 12.4 Å². The van der Waals surface area contributed by atoms with E-state index in [0.29, 0.717) is 17.3 Å². The minimum absolute atomic E-state index is 0. The van der Waals surface area contributed by atoms with Crippen LogP contribution in [0.1, 0.15) is 5.56 Å². The molecule has 0 saturated heterocycles. The van der Waals surface area contributed by atoms with Crippen molar-refractivity contribution in [2.75, 3.05) is 17.3 Å². The molecule has 3 aromatic rings. The molecule has 0 amide bonds. The van der Waals surface area contributed by atoms with Crippen LogP contribution in [0.4, 0.5) is 17.1 Å². The number of hydrogen-bond acceptors (Lipinski definition) is 7. The summed E-state index contributed by atoms with van der Waals surface area (Å²) in [5.74, 6) is 0.997. The van der Waals surface area contributed by atoms with Crippen LogP contribution in [0.25, 0.3) is 0 Å². The predicted molar refractivity (Wildman–Crippen MR) is 114 cm³/mol. The van der Waals surface area contributed by atoms with E-state index >= 15 is 0 Å². The molecule has 3 aromatic carbocycles. The van der Waals surface area contributed by atoms with Crippen LogP contribution in [-0.2, 0) is 0 Å². The van der Waals surface area contributed by atoms with E-state index in [1.54, 1.807) is 16.3 Å². The van der Waals surface area contributed by atoms with Gasteiger partial charge in [0.15, 0.2) is 11.6 Å². The molecule has 0 unspecified atom stereocenters. The maximum absolute atomic E-state index is 11.1. The Morgan fingerprint density at radius 3 is 2.28 bits per heavy atom. The summed E-state index contributed by atoms with van der Waals surface area (Å²) in [6.45, 7) is 0. The van der Waals surface area contributed by atoms with Crippen molar-refractivity contribution in [3.05, 3.63) is 94.5 Å². The molecule has 1 N–H and O–H groups in total. The Kier molecular flexibility index (Phi) is 5.85. The monoisotopic (exact) mass is 411 g/mol. The van der Waals surface area contributed by atoms with E-state index in [9.17, 15) is 10.1 Å². The number of halogens is 1. The van der Waals surface area contributed by atoms with Gasteiger partial charge in [0.25, 0.3) is 5.69 Å². The molecule has 0 atom stereocenters. The van der Waals surface area contributed by atoms with Gasteiger partial charge in [-0.25, -0.2) is 0 Å². The van der Waals surface area contributed by atoms with Gasteiger partial charge in [0, 0.05) is 11.6 Å². The first-order chi connectivity index (χ1) is 13.7. The molecule has 8 nitrogen and oxygen atoms in total. The quantitative estimate of drug-likeness (QED) is 0.502. The number of methoxy groups -OCH3 is 1. The third-order valence-corrected chi connectivity index (χ3v) is 4.23. The van der Waals surface area contributed by atoms with Gasteiger partial charge in [0.2, 0.25) is 0 Å². The maximum atomic E-state index is 11.1. The topological polar surface area (TPSA) is 83.2 Å². The van der Waals surface area contributed by atoms with Crippen molar-refractivity contribution in [1.82, 2.24) is 5.43 Å². The van der Waals surface area contributed by atoms with E-state index in [0.717, 1.165) is 11.3 Å². The van der Waals surface area contributed by atoms with Gasteiger partial charge in [-0.3, -0.25) is 15.5 Å². The smallest absolute Gasteiger partial charge is 0.273 e. The Balaban J connectivity index is 0.00000240. The van der Waals surface area contributed by atoms with Crippen molar-refractivity contribution in [2.24, 2.45) is 5.10 Å². The summed E-state index contributed by atoms with van der Waals surface area (Å²) in [5, 5.41) is 19.2. The number of nitrogens with one attached hydrogen (secondary N) is 1. The third-order valence-electron chi connectivity index (χ3n) is 4.23. The molecule has 0 aliphatic carbocycles. The fourth-order valence-corrected chi connectivity index (χ4v) is 2.88. The highest BCUT2D eigenvalue weighted by atomic mass is 35.5. The first-order valence-electron chi connectivity index (χ1n) is 8.55. The van der Waals surface area contributed by atoms with Crippen molar-refractivity contribution in [3.63, 3.8) is 0 Å². The number of hydrogen-bond donors (Lipinski definition) is 1. The summed E-state index contributed by atoms with van der Waals surface area (Å²) >= 11 is 0. The summed E-state index contributed by atoms with van der Waals surface area (Å²) in [6.07, 6.45) is 0. The van der Waals surface area contributed by atoms with E-state index in [4.69, 9.17) is 9.84 Å². The Morgan fingerprint density at radius 2 is 1.66 bits per heavy atom. The zero-order chi connectivity index (χ0) is 19.5. The number of para-hydroxylation sites is 1. The molecule has 1 aliphatic heterocycles. The number of nitrogens with zero attached hydrogens (tertiary/aromatic N) is 4. The lowest BCUT2D eigenvalue weighted by atomic mass is 10.2. The standard InChI is InChI=1S/C20H17N5O3.ClH/c1-28-19-14-17(25(26)27)12-13-18(19)24-22-20(15-8-4-2-5-9-15)21-23(24)16-10-6-3-7-11-16;/h2-14H,1H3,(H,21,22);1H. The first kappa shape index (κ1) is 20.0. The molecule has 0 saturated carbocycles. The molecule has 0 spiro atoms. The lowest BCUT2D eigenvalue weighted by molar-refractivity contribution is -0.384. The first-order valence-corrected chi connectivity index (χ1v) is 8.55. The molecule has 9 heteroatoms. The molecule has 0 bridgehead atoms. The number of amidine groups is 1. The lowest BCUT2D eigenvalue weighted by Gasteiger charge is -2.28. The van der Waals surface area contributed by atoms with Gasteiger partial charge in [0.05, 0.1) is 23.8 Å². The zero-order valence-electron chi connectivity index (χ0n) is 15.4. The predicted octanol–water partition coefficient (Wildman–Crippen LogP) is 4.13. The zero-order valence-corrected chi connectivity index (χ0v) is 16.2. The summed E-state index contributed by atoms with van der Waals surface area (Å²) < 4.78 is 5.41. The Labute approximate surface area is 173 Å². The highest BCUT2D eigenvalue weighted by Gasteiger charge is 2.29. The van der Waals surface area contributed by atoms with Gasteiger partial charge < -0.3 is 4.74 Å². The van der Waals surface area contributed by atoms with Crippen molar-refractivity contribution >= 4 is 35.3 Å². The van der Waals surface area contributed by atoms with E-state index in [1.807, 2.05) is 60.7 Å². The molecule has 1 heterocycles. The molecule has 0 fully saturated rings. The number of rotatable bonds is 5. The summed E-state index contributed by atoms with van der Waals surface area (Å²) in [7, 11) is 1.48. The third kappa shape index (κ3) is 3.92. The van der Waals surface area contributed by atoms with Crippen LogP contribution in [0.15, 0.2) is 84.0 Å². The number of hydrazine groups is 2. The van der Waals surface area contributed by atoms with E-state index in [2.05, 4.69) is 5.43 Å². The Morgan fingerprint density at radius 1 is 1.00 bits per heavy atom. The Hall–Kier alpha value is -3.78. The van der Waals surface area contributed by atoms with Gasteiger partial charge in [-0.05, 0) is 18.2 Å². The highest BCUT2D eigenvalue weighted by Crippen LogP contribution is 2.35.